The second-order valence-electron chi connectivity index (χ2n) is 11.3. The molecule has 1 aliphatic rings. The van der Waals surface area contributed by atoms with Gasteiger partial charge in [-0.1, -0.05) is 135 Å². The zero-order valence-electron chi connectivity index (χ0n) is 27.7. The van der Waals surface area contributed by atoms with E-state index in [9.17, 15) is 0 Å². The van der Waals surface area contributed by atoms with Gasteiger partial charge in [0.25, 0.3) is 0 Å². The summed E-state index contributed by atoms with van der Waals surface area (Å²) in [6.45, 7) is 14.9. The molecule has 0 amide bonds. The minimum atomic E-state index is 0.840. The van der Waals surface area contributed by atoms with Crippen molar-refractivity contribution in [2.75, 3.05) is 0 Å². The summed E-state index contributed by atoms with van der Waals surface area (Å²) in [5, 5.41) is 5.11. The molecule has 47 heavy (non-hydrogen) atoms. The molecule has 5 rings (SSSR count). The van der Waals surface area contributed by atoms with E-state index in [-0.39, 0.29) is 0 Å². The van der Waals surface area contributed by atoms with Crippen molar-refractivity contribution in [2.24, 2.45) is 0 Å². The van der Waals surface area contributed by atoms with Crippen LogP contribution in [0, 0.1) is 0 Å². The molecule has 0 bridgehead atoms. The van der Waals surface area contributed by atoms with Gasteiger partial charge in [-0.3, -0.25) is 9.55 Å². The maximum Gasteiger partial charge on any atom is 0.145 e. The number of para-hydroxylation sites is 1. The van der Waals surface area contributed by atoms with Crippen LogP contribution in [0.15, 0.2) is 128 Å². The third kappa shape index (κ3) is 7.82. The van der Waals surface area contributed by atoms with E-state index >= 15 is 0 Å². The molecule has 234 valence electrons. The predicted molar refractivity (Wildman–Crippen MR) is 205 cm³/mol. The quantitative estimate of drug-likeness (QED) is 0.187. The Morgan fingerprint density at radius 2 is 1.64 bits per heavy atom. The first-order valence-electron chi connectivity index (χ1n) is 16.3. The minimum Gasteiger partial charge on any atom is -0.293 e. The Balaban J connectivity index is 1.69. The lowest BCUT2D eigenvalue weighted by Gasteiger charge is -2.10. The summed E-state index contributed by atoms with van der Waals surface area (Å²) in [7, 11) is 0. The number of hydrogen-bond acceptors (Lipinski definition) is 2. The number of fused-ring (bicyclic) bond motifs is 2. The Morgan fingerprint density at radius 1 is 0.830 bits per heavy atom. The smallest absolute Gasteiger partial charge is 0.145 e. The average molecular weight is 614 g/mol. The van der Waals surface area contributed by atoms with Gasteiger partial charge in [0.05, 0.1) is 16.2 Å². The summed E-state index contributed by atoms with van der Waals surface area (Å²) in [6, 6.07) is 23.0. The molecule has 3 nitrogen and oxygen atoms in total. The van der Waals surface area contributed by atoms with Crippen LogP contribution in [-0.2, 0) is 0 Å². The lowest BCUT2D eigenvalue weighted by Crippen LogP contribution is -2.28. The Labute approximate surface area is 278 Å². The van der Waals surface area contributed by atoms with Crippen LogP contribution in [0.3, 0.4) is 0 Å². The largest absolute Gasteiger partial charge is 0.293 e. The number of imidazole rings is 1. The van der Waals surface area contributed by atoms with Crippen LogP contribution >= 0.6 is 0 Å². The molecule has 3 heteroatoms. The Morgan fingerprint density at radius 3 is 2.43 bits per heavy atom. The van der Waals surface area contributed by atoms with Crippen molar-refractivity contribution in [1.82, 2.24) is 14.5 Å². The Kier molecular flexibility index (Phi) is 11.3. The lowest BCUT2D eigenvalue weighted by atomic mass is 9.99. The van der Waals surface area contributed by atoms with E-state index in [1.807, 2.05) is 62.6 Å². The molecule has 0 radical (unpaired) electrons. The molecule has 0 aliphatic heterocycles. The Bertz CT molecular complexity index is 2220. The van der Waals surface area contributed by atoms with Crippen molar-refractivity contribution in [3.05, 3.63) is 166 Å². The first-order valence-corrected chi connectivity index (χ1v) is 16.3. The number of hydrogen-bond donors (Lipinski definition) is 0. The van der Waals surface area contributed by atoms with Gasteiger partial charge in [-0.25, -0.2) is 4.98 Å². The summed E-state index contributed by atoms with van der Waals surface area (Å²) < 4.78 is 2.24. The first-order chi connectivity index (χ1) is 23.0. The summed E-state index contributed by atoms with van der Waals surface area (Å²) in [5.41, 5.74) is 5.95. The molecule has 0 spiro atoms. The highest BCUT2D eigenvalue weighted by atomic mass is 15.1. The van der Waals surface area contributed by atoms with E-state index in [2.05, 4.69) is 122 Å². The molecule has 0 unspecified atom stereocenters. The third-order valence-corrected chi connectivity index (χ3v) is 8.08. The van der Waals surface area contributed by atoms with E-state index in [4.69, 9.17) is 9.97 Å². The van der Waals surface area contributed by atoms with Gasteiger partial charge >= 0.3 is 0 Å². The molecule has 2 heterocycles. The number of rotatable bonds is 8. The van der Waals surface area contributed by atoms with Crippen molar-refractivity contribution in [3.8, 4) is 5.69 Å². The van der Waals surface area contributed by atoms with Crippen molar-refractivity contribution in [2.45, 2.75) is 40.0 Å². The number of allylic oxidation sites excluding steroid dienone is 10. The molecule has 0 N–H and O–H groups in total. The van der Waals surface area contributed by atoms with Crippen LogP contribution in [-0.4, -0.2) is 14.5 Å². The fourth-order valence-electron chi connectivity index (χ4n) is 5.68. The molecule has 0 atom stereocenters. The number of benzene rings is 2. The second-order valence-corrected chi connectivity index (χ2v) is 11.3. The molecular weight excluding hydrogens is 571 g/mol. The van der Waals surface area contributed by atoms with Gasteiger partial charge < -0.3 is 0 Å². The maximum atomic E-state index is 5.10. The van der Waals surface area contributed by atoms with Gasteiger partial charge in [-0.2, -0.15) is 0 Å². The van der Waals surface area contributed by atoms with Gasteiger partial charge in [0, 0.05) is 28.1 Å². The summed E-state index contributed by atoms with van der Waals surface area (Å²) >= 11 is 0. The van der Waals surface area contributed by atoms with Crippen LogP contribution in [0.25, 0.3) is 58.6 Å². The van der Waals surface area contributed by atoms with E-state index in [1.54, 1.807) is 0 Å². The van der Waals surface area contributed by atoms with Gasteiger partial charge in [0.15, 0.2) is 0 Å². The Hall–Kier alpha value is -5.54. The van der Waals surface area contributed by atoms with Crippen LogP contribution in [0.2, 0.25) is 0 Å². The fourth-order valence-corrected chi connectivity index (χ4v) is 5.68. The second kappa shape index (κ2) is 16.1. The molecule has 0 saturated heterocycles. The van der Waals surface area contributed by atoms with Gasteiger partial charge in [-0.15, -0.1) is 0 Å². The lowest BCUT2D eigenvalue weighted by molar-refractivity contribution is 0.914. The van der Waals surface area contributed by atoms with Crippen molar-refractivity contribution < 1.29 is 0 Å². The average Bonchev–Trinajstić information content (AvgIpc) is 3.30. The van der Waals surface area contributed by atoms with Crippen LogP contribution in [0.4, 0.5) is 0 Å². The zero-order valence-corrected chi connectivity index (χ0v) is 27.7. The van der Waals surface area contributed by atoms with E-state index < -0.39 is 0 Å². The third-order valence-electron chi connectivity index (χ3n) is 8.08. The van der Waals surface area contributed by atoms with E-state index in [0.717, 1.165) is 85.1 Å². The highest BCUT2D eigenvalue weighted by molar-refractivity contribution is 5.94. The topological polar surface area (TPSA) is 30.7 Å². The molecule has 2 aromatic heterocycles. The fraction of sp³-hybridized carbons (Fsp3) is 0.136. The summed E-state index contributed by atoms with van der Waals surface area (Å²) in [6.07, 6.45) is 30.3. The number of nitrogens with zero attached hydrogens (tertiary/aromatic N) is 3. The standard InChI is InChI=1S/C44H43N3/c1-6-9-13-19-35-20-18-24-39(40-30-28-33(4)38(23-10-7-2)43(40)45-32-31-35)36(8-3)29-27-34(5)44-46-41-25-16-12-17-26-42(41)47(44)37-21-14-11-15-22-37/h6-11,13-15,18-32H,4-5,12,16-17H2,1-3H3/b9-6-,10-7-,19-13-,20-18?,24-18?,29-27-,32-31?,35-20?,35-31?,36-8+,38-23+,39-24?,40-39?,45-32?,45-43?. The minimum absolute atomic E-state index is 0.840. The zero-order chi connectivity index (χ0) is 33.0. The van der Waals surface area contributed by atoms with E-state index in [1.165, 1.54) is 0 Å². The van der Waals surface area contributed by atoms with Crippen LogP contribution < -0.4 is 21.1 Å². The van der Waals surface area contributed by atoms with Crippen molar-refractivity contribution >= 4 is 52.9 Å². The molecule has 4 aromatic rings. The normalized spacial score (nSPS) is 14.0. The molecule has 0 saturated carbocycles. The summed E-state index contributed by atoms with van der Waals surface area (Å²) in [5.74, 6) is 0.847. The van der Waals surface area contributed by atoms with Gasteiger partial charge in [0.2, 0.25) is 0 Å². The molecule has 0 fully saturated rings. The van der Waals surface area contributed by atoms with Crippen molar-refractivity contribution in [1.29, 1.82) is 0 Å². The predicted octanol–water partition coefficient (Wildman–Crippen LogP) is 8.32. The first kappa shape index (κ1) is 32.8. The van der Waals surface area contributed by atoms with Gasteiger partial charge in [0.1, 0.15) is 5.82 Å². The maximum absolute atomic E-state index is 5.10. The van der Waals surface area contributed by atoms with Crippen LogP contribution in [0.5, 0.6) is 0 Å². The van der Waals surface area contributed by atoms with Gasteiger partial charge in [-0.05, 0) is 80.2 Å². The molecule has 1 aliphatic carbocycles. The monoisotopic (exact) mass is 613 g/mol. The highest BCUT2D eigenvalue weighted by Crippen LogP contribution is 2.24. The van der Waals surface area contributed by atoms with Crippen molar-refractivity contribution in [3.63, 3.8) is 0 Å². The SMILES string of the molecule is C=C(/C=C\C(=C/C)c1cccc(/C=C\C=C/C)ccnc2/c(=C/C=C\C)c(=C)ccc12)c1nc2c(n1-c1ccccc1)=CCCCC=2. The number of aromatic nitrogens is 3. The highest BCUT2D eigenvalue weighted by Gasteiger charge is 2.13. The van der Waals surface area contributed by atoms with Crippen LogP contribution in [0.1, 0.15) is 57.0 Å². The molecule has 2 aromatic carbocycles. The molecular formula is C44H43N3. The van der Waals surface area contributed by atoms with E-state index in [0.29, 0.717) is 0 Å². The summed E-state index contributed by atoms with van der Waals surface area (Å²) in [4.78, 5) is 10.1.